The molecule has 6 nitrogen and oxygen atoms in total. The second-order valence-corrected chi connectivity index (χ2v) is 5.08. The lowest BCUT2D eigenvalue weighted by Crippen LogP contribution is -2.65. The van der Waals surface area contributed by atoms with E-state index in [-0.39, 0.29) is 18.2 Å². The Kier molecular flexibility index (Phi) is 2.54. The summed E-state index contributed by atoms with van der Waals surface area (Å²) in [6.45, 7) is 2.62. The van der Waals surface area contributed by atoms with E-state index >= 15 is 0 Å². The summed E-state index contributed by atoms with van der Waals surface area (Å²) in [4.78, 5) is 0. The smallest absolute Gasteiger partial charge is 0.142 e. The summed E-state index contributed by atoms with van der Waals surface area (Å²) in [5.74, 6) is 1.20. The van der Waals surface area contributed by atoms with Crippen LogP contribution in [0, 0.1) is 24.2 Å². The minimum absolute atomic E-state index is 0.0828. The van der Waals surface area contributed by atoms with Gasteiger partial charge in [-0.1, -0.05) is 0 Å². The first-order chi connectivity index (χ1) is 8.63. The number of hydrogen-bond donors (Lipinski definition) is 2. The first kappa shape index (κ1) is 11.5. The second-order valence-electron chi connectivity index (χ2n) is 5.08. The van der Waals surface area contributed by atoms with Crippen LogP contribution in [0.1, 0.15) is 17.7 Å². The van der Waals surface area contributed by atoms with Crippen LogP contribution in [-0.4, -0.2) is 34.6 Å². The van der Waals surface area contributed by atoms with Crippen molar-refractivity contribution in [3.63, 3.8) is 0 Å². The molecule has 0 spiro atoms. The number of aromatic nitrogens is 2. The summed E-state index contributed by atoms with van der Waals surface area (Å²) in [5, 5.41) is 16.8. The molecule has 1 aromatic rings. The van der Waals surface area contributed by atoms with Gasteiger partial charge in [0.15, 0.2) is 0 Å². The summed E-state index contributed by atoms with van der Waals surface area (Å²) < 4.78 is 7.37. The van der Waals surface area contributed by atoms with Gasteiger partial charge in [0.25, 0.3) is 0 Å². The van der Waals surface area contributed by atoms with Crippen molar-refractivity contribution < 1.29 is 4.74 Å². The topological polar surface area (TPSA) is 88.9 Å². The maximum Gasteiger partial charge on any atom is 0.142 e. The number of fused-ring (bicyclic) bond motifs is 1. The van der Waals surface area contributed by atoms with Crippen LogP contribution >= 0.6 is 0 Å². The number of anilines is 1. The van der Waals surface area contributed by atoms with Gasteiger partial charge in [0.1, 0.15) is 17.5 Å². The third-order valence-corrected chi connectivity index (χ3v) is 4.08. The number of nitrogens with zero attached hydrogens (tertiary/aromatic N) is 3. The summed E-state index contributed by atoms with van der Waals surface area (Å²) >= 11 is 0. The van der Waals surface area contributed by atoms with Crippen LogP contribution in [0.4, 0.5) is 5.82 Å². The molecule has 6 heteroatoms. The average molecular weight is 247 g/mol. The first-order valence-corrected chi connectivity index (χ1v) is 6.21. The summed E-state index contributed by atoms with van der Waals surface area (Å²) in [7, 11) is 1.83. The molecule has 0 aromatic carbocycles. The van der Waals surface area contributed by atoms with E-state index in [0.717, 1.165) is 24.5 Å². The van der Waals surface area contributed by atoms with Gasteiger partial charge in [-0.15, -0.1) is 0 Å². The molecule has 3 rings (SSSR count). The summed E-state index contributed by atoms with van der Waals surface area (Å²) in [6.07, 6.45) is 1.22. The molecular formula is C12H17N5O. The van der Waals surface area contributed by atoms with Crippen LogP contribution in [0.3, 0.4) is 0 Å². The minimum Gasteiger partial charge on any atom is -0.376 e. The quantitative estimate of drug-likeness (QED) is 0.775. The average Bonchev–Trinajstić information content (AvgIpc) is 2.88. The van der Waals surface area contributed by atoms with Gasteiger partial charge < -0.3 is 15.8 Å². The third-order valence-electron chi connectivity index (χ3n) is 4.08. The lowest BCUT2D eigenvalue weighted by atomic mass is 9.72. The highest BCUT2D eigenvalue weighted by atomic mass is 16.5. The Balaban J connectivity index is 1.84. The Morgan fingerprint density at radius 1 is 1.61 bits per heavy atom. The number of nitrogens with one attached hydrogen (secondary N) is 1. The number of ether oxygens (including phenoxy) is 1. The molecule has 0 radical (unpaired) electrons. The van der Waals surface area contributed by atoms with Crippen LogP contribution in [0.5, 0.6) is 0 Å². The Labute approximate surface area is 106 Å². The largest absolute Gasteiger partial charge is 0.376 e. The van der Waals surface area contributed by atoms with Crippen LogP contribution in [-0.2, 0) is 11.8 Å². The summed E-state index contributed by atoms with van der Waals surface area (Å²) in [6, 6.07) is 2.36. The van der Waals surface area contributed by atoms with Gasteiger partial charge in [-0.3, -0.25) is 4.68 Å². The molecule has 0 bridgehead atoms. The van der Waals surface area contributed by atoms with Crippen LogP contribution in [0.2, 0.25) is 0 Å². The highest BCUT2D eigenvalue weighted by molar-refractivity contribution is 5.56. The molecule has 2 fully saturated rings. The van der Waals surface area contributed by atoms with Gasteiger partial charge in [0.2, 0.25) is 0 Å². The monoisotopic (exact) mass is 247 g/mol. The molecule has 1 saturated carbocycles. The molecule has 96 valence electrons. The number of nitrogens with two attached hydrogens (primary N) is 1. The Hall–Kier alpha value is -1.58. The normalized spacial score (nSPS) is 33.7. The van der Waals surface area contributed by atoms with Gasteiger partial charge in [0, 0.05) is 25.6 Å². The molecule has 3 N–H and O–H groups in total. The van der Waals surface area contributed by atoms with Crippen molar-refractivity contribution in [3.8, 4) is 6.07 Å². The van der Waals surface area contributed by atoms with E-state index in [1.807, 2.05) is 14.0 Å². The number of hydrogen-bond acceptors (Lipinski definition) is 5. The van der Waals surface area contributed by atoms with Gasteiger partial charge in [-0.2, -0.15) is 10.4 Å². The van der Waals surface area contributed by atoms with Crippen molar-refractivity contribution in [3.05, 3.63) is 11.3 Å². The summed E-state index contributed by atoms with van der Waals surface area (Å²) in [5.41, 5.74) is 7.47. The molecule has 4 atom stereocenters. The molecule has 1 saturated heterocycles. The van der Waals surface area contributed by atoms with Crippen molar-refractivity contribution in [1.29, 1.82) is 5.26 Å². The van der Waals surface area contributed by atoms with Gasteiger partial charge in [0.05, 0.1) is 17.8 Å². The van der Waals surface area contributed by atoms with Gasteiger partial charge >= 0.3 is 0 Å². The van der Waals surface area contributed by atoms with Crippen molar-refractivity contribution in [2.75, 3.05) is 11.9 Å². The van der Waals surface area contributed by atoms with E-state index in [1.165, 1.54) is 0 Å². The van der Waals surface area contributed by atoms with E-state index in [0.29, 0.717) is 11.5 Å². The van der Waals surface area contributed by atoms with Crippen LogP contribution < -0.4 is 11.1 Å². The molecule has 1 aliphatic carbocycles. The molecule has 1 aromatic heterocycles. The number of aryl methyl sites for hydroxylation is 2. The zero-order chi connectivity index (χ0) is 12.9. The van der Waals surface area contributed by atoms with Gasteiger partial charge in [-0.05, 0) is 13.3 Å². The SMILES string of the molecule is Cc1nn(C)c(NC2C(N)C3CCOC32)c1C#N. The highest BCUT2D eigenvalue weighted by Gasteiger charge is 2.52. The zero-order valence-electron chi connectivity index (χ0n) is 10.6. The van der Waals surface area contributed by atoms with E-state index < -0.39 is 0 Å². The zero-order valence-corrected chi connectivity index (χ0v) is 10.6. The highest BCUT2D eigenvalue weighted by Crippen LogP contribution is 2.39. The molecule has 4 unspecified atom stereocenters. The van der Waals surface area contributed by atoms with Crippen LogP contribution in [0.25, 0.3) is 0 Å². The lowest BCUT2D eigenvalue weighted by Gasteiger charge is -2.46. The maximum absolute atomic E-state index is 9.16. The molecule has 18 heavy (non-hydrogen) atoms. The Bertz CT molecular complexity index is 517. The molecule has 2 aliphatic rings. The molecule has 0 amide bonds. The van der Waals surface area contributed by atoms with E-state index in [9.17, 15) is 0 Å². The number of rotatable bonds is 2. The minimum atomic E-state index is 0.0828. The Morgan fingerprint density at radius 3 is 3.11 bits per heavy atom. The maximum atomic E-state index is 9.16. The standard InChI is InChI=1S/C12H17N5O/c1-6-8(5-13)12(17(2)16-6)15-10-9(14)7-3-4-18-11(7)10/h7,9-11,15H,3-4,14H2,1-2H3. The van der Waals surface area contributed by atoms with Gasteiger partial charge in [-0.25, -0.2) is 0 Å². The van der Waals surface area contributed by atoms with E-state index in [2.05, 4.69) is 16.5 Å². The third kappa shape index (κ3) is 1.44. The first-order valence-electron chi connectivity index (χ1n) is 6.21. The van der Waals surface area contributed by atoms with E-state index in [4.69, 9.17) is 15.7 Å². The second kappa shape index (κ2) is 3.97. The van der Waals surface area contributed by atoms with E-state index in [1.54, 1.807) is 4.68 Å². The predicted octanol–water partition coefficient (Wildman–Crippen LogP) is 0.127. The van der Waals surface area contributed by atoms with Crippen molar-refractivity contribution in [2.45, 2.75) is 31.5 Å². The van der Waals surface area contributed by atoms with Crippen molar-refractivity contribution >= 4 is 5.82 Å². The van der Waals surface area contributed by atoms with Crippen LogP contribution in [0.15, 0.2) is 0 Å². The fourth-order valence-electron chi connectivity index (χ4n) is 3.04. The Morgan fingerprint density at radius 2 is 2.39 bits per heavy atom. The lowest BCUT2D eigenvalue weighted by molar-refractivity contribution is 0.00512. The molecule has 2 heterocycles. The predicted molar refractivity (Wildman–Crippen MR) is 65.9 cm³/mol. The fourth-order valence-corrected chi connectivity index (χ4v) is 3.04. The van der Waals surface area contributed by atoms with Crippen molar-refractivity contribution in [1.82, 2.24) is 9.78 Å². The fraction of sp³-hybridized carbons (Fsp3) is 0.667. The molecular weight excluding hydrogens is 230 g/mol. The number of nitriles is 1. The molecule has 1 aliphatic heterocycles. The van der Waals surface area contributed by atoms with Crippen molar-refractivity contribution in [2.24, 2.45) is 18.7 Å².